The summed E-state index contributed by atoms with van der Waals surface area (Å²) in [6, 6.07) is 8.22. The van der Waals surface area contributed by atoms with Gasteiger partial charge >= 0.3 is 5.97 Å². The van der Waals surface area contributed by atoms with Crippen molar-refractivity contribution < 1.29 is 9.90 Å². The van der Waals surface area contributed by atoms with Crippen molar-refractivity contribution in [2.24, 2.45) is 0 Å². The zero-order valence-corrected chi connectivity index (χ0v) is 10.0. The molecule has 0 aliphatic carbocycles. The SMILES string of the molecule is CCCC(=O)O.Cc1ccc(Br)cc1. The normalized spacial score (nSPS) is 8.79. The molecule has 0 fully saturated rings. The molecule has 1 rings (SSSR count). The van der Waals surface area contributed by atoms with Gasteiger partial charge in [-0.25, -0.2) is 0 Å². The Kier molecular flexibility index (Phi) is 7.11. The van der Waals surface area contributed by atoms with Crippen LogP contribution in [0.25, 0.3) is 0 Å². The first-order chi connectivity index (χ1) is 6.56. The third-order valence-electron chi connectivity index (χ3n) is 1.47. The summed E-state index contributed by atoms with van der Waals surface area (Å²) in [5.74, 6) is -0.711. The predicted octanol–water partition coefficient (Wildman–Crippen LogP) is 3.63. The molecule has 1 N–H and O–H groups in total. The molecule has 14 heavy (non-hydrogen) atoms. The number of hydrogen-bond acceptors (Lipinski definition) is 1. The van der Waals surface area contributed by atoms with Crippen molar-refractivity contribution in [3.8, 4) is 0 Å². The van der Waals surface area contributed by atoms with Gasteiger partial charge in [-0.15, -0.1) is 0 Å². The van der Waals surface area contributed by atoms with Gasteiger partial charge in [0, 0.05) is 10.9 Å². The average Bonchev–Trinajstić information content (AvgIpc) is 2.11. The van der Waals surface area contributed by atoms with Gasteiger partial charge in [0.15, 0.2) is 0 Å². The third kappa shape index (κ3) is 7.80. The van der Waals surface area contributed by atoms with Gasteiger partial charge in [0.1, 0.15) is 0 Å². The fraction of sp³-hybridized carbons (Fsp3) is 0.364. The summed E-state index contributed by atoms with van der Waals surface area (Å²) in [5.41, 5.74) is 1.30. The van der Waals surface area contributed by atoms with E-state index < -0.39 is 5.97 Å². The summed E-state index contributed by atoms with van der Waals surface area (Å²) in [4.78, 5) is 9.60. The van der Waals surface area contributed by atoms with Crippen LogP contribution in [0, 0.1) is 6.92 Å². The van der Waals surface area contributed by atoms with Crippen molar-refractivity contribution >= 4 is 21.9 Å². The molecule has 0 aromatic heterocycles. The van der Waals surface area contributed by atoms with Gasteiger partial charge in [-0.1, -0.05) is 40.5 Å². The number of carboxylic acid groups (broad SMARTS) is 1. The number of aliphatic carboxylic acids is 1. The molecular formula is C11H15BrO2. The lowest BCUT2D eigenvalue weighted by Gasteiger charge is -1.88. The largest absolute Gasteiger partial charge is 0.481 e. The van der Waals surface area contributed by atoms with Crippen molar-refractivity contribution in [1.29, 1.82) is 0 Å². The van der Waals surface area contributed by atoms with Crippen molar-refractivity contribution in [1.82, 2.24) is 0 Å². The Hall–Kier alpha value is -0.830. The van der Waals surface area contributed by atoms with Crippen LogP contribution in [-0.4, -0.2) is 11.1 Å². The molecule has 0 heterocycles. The first kappa shape index (κ1) is 13.2. The Morgan fingerprint density at radius 2 is 1.86 bits per heavy atom. The maximum absolute atomic E-state index is 9.60. The monoisotopic (exact) mass is 258 g/mol. The van der Waals surface area contributed by atoms with E-state index in [-0.39, 0.29) is 0 Å². The zero-order chi connectivity index (χ0) is 11.0. The highest BCUT2D eigenvalue weighted by Gasteiger charge is 1.87. The van der Waals surface area contributed by atoms with Gasteiger partial charge in [-0.05, 0) is 25.5 Å². The molecule has 0 unspecified atom stereocenters. The summed E-state index contributed by atoms with van der Waals surface area (Å²) in [6.45, 7) is 3.92. The molecule has 78 valence electrons. The summed E-state index contributed by atoms with van der Waals surface area (Å²) in [5, 5.41) is 7.91. The maximum atomic E-state index is 9.60. The lowest BCUT2D eigenvalue weighted by molar-refractivity contribution is -0.137. The lowest BCUT2D eigenvalue weighted by Crippen LogP contribution is -1.90. The van der Waals surface area contributed by atoms with E-state index in [1.807, 2.05) is 19.1 Å². The number of carbonyl (C=O) groups is 1. The summed E-state index contributed by atoms with van der Waals surface area (Å²) >= 11 is 3.35. The second-order valence-corrected chi connectivity index (χ2v) is 3.85. The second-order valence-electron chi connectivity index (χ2n) is 2.94. The third-order valence-corrected chi connectivity index (χ3v) is 2.00. The van der Waals surface area contributed by atoms with Crippen molar-refractivity contribution in [2.75, 3.05) is 0 Å². The number of rotatable bonds is 2. The van der Waals surface area contributed by atoms with E-state index in [0.29, 0.717) is 6.42 Å². The quantitative estimate of drug-likeness (QED) is 0.880. The molecule has 0 aliphatic rings. The topological polar surface area (TPSA) is 37.3 Å². The molecule has 0 aliphatic heterocycles. The Morgan fingerprint density at radius 3 is 2.07 bits per heavy atom. The minimum Gasteiger partial charge on any atom is -0.481 e. The van der Waals surface area contributed by atoms with Crippen molar-refractivity contribution in [2.45, 2.75) is 26.7 Å². The Balaban J connectivity index is 0.000000255. The number of aryl methyl sites for hydroxylation is 1. The number of halogens is 1. The van der Waals surface area contributed by atoms with E-state index in [9.17, 15) is 4.79 Å². The van der Waals surface area contributed by atoms with Gasteiger partial charge in [-0.2, -0.15) is 0 Å². The average molecular weight is 259 g/mol. The van der Waals surface area contributed by atoms with Gasteiger partial charge in [0.25, 0.3) is 0 Å². The van der Waals surface area contributed by atoms with Crippen molar-refractivity contribution in [3.05, 3.63) is 34.3 Å². The van der Waals surface area contributed by atoms with Gasteiger partial charge < -0.3 is 5.11 Å². The Labute approximate surface area is 93.1 Å². The first-order valence-electron chi connectivity index (χ1n) is 4.50. The number of carboxylic acids is 1. The summed E-state index contributed by atoms with van der Waals surface area (Å²) in [7, 11) is 0. The van der Waals surface area contributed by atoms with E-state index in [1.165, 1.54) is 5.56 Å². The molecule has 1 aromatic rings. The second kappa shape index (κ2) is 7.56. The Morgan fingerprint density at radius 1 is 1.36 bits per heavy atom. The number of benzene rings is 1. The van der Waals surface area contributed by atoms with Crippen LogP contribution in [-0.2, 0) is 4.79 Å². The van der Waals surface area contributed by atoms with Crippen LogP contribution in [0.3, 0.4) is 0 Å². The van der Waals surface area contributed by atoms with E-state index in [1.54, 1.807) is 0 Å². The summed E-state index contributed by atoms with van der Waals surface area (Å²) < 4.78 is 1.14. The highest BCUT2D eigenvalue weighted by atomic mass is 79.9. The van der Waals surface area contributed by atoms with Crippen LogP contribution >= 0.6 is 15.9 Å². The van der Waals surface area contributed by atoms with Gasteiger partial charge in [-0.3, -0.25) is 4.79 Å². The maximum Gasteiger partial charge on any atom is 0.303 e. The predicted molar refractivity (Wildman–Crippen MR) is 61.4 cm³/mol. The smallest absolute Gasteiger partial charge is 0.303 e. The highest BCUT2D eigenvalue weighted by molar-refractivity contribution is 9.10. The fourth-order valence-corrected chi connectivity index (χ4v) is 1.01. The van der Waals surface area contributed by atoms with Crippen LogP contribution in [0.5, 0.6) is 0 Å². The minimum atomic E-state index is -0.711. The minimum absolute atomic E-state index is 0.292. The molecule has 0 spiro atoms. The number of hydrogen-bond donors (Lipinski definition) is 1. The molecule has 1 aromatic carbocycles. The van der Waals surface area contributed by atoms with Crippen molar-refractivity contribution in [3.63, 3.8) is 0 Å². The van der Waals surface area contributed by atoms with Gasteiger partial charge in [0.2, 0.25) is 0 Å². The van der Waals surface area contributed by atoms with E-state index >= 15 is 0 Å². The highest BCUT2D eigenvalue weighted by Crippen LogP contribution is 2.08. The van der Waals surface area contributed by atoms with Crippen LogP contribution < -0.4 is 0 Å². The molecule has 0 amide bonds. The van der Waals surface area contributed by atoms with E-state index in [2.05, 4.69) is 35.0 Å². The van der Waals surface area contributed by atoms with Crippen LogP contribution in [0.15, 0.2) is 28.7 Å². The molecular weight excluding hydrogens is 244 g/mol. The molecule has 0 bridgehead atoms. The zero-order valence-electron chi connectivity index (χ0n) is 8.46. The van der Waals surface area contributed by atoms with E-state index in [4.69, 9.17) is 5.11 Å². The van der Waals surface area contributed by atoms with Crippen LogP contribution in [0.2, 0.25) is 0 Å². The molecule has 0 saturated carbocycles. The fourth-order valence-electron chi connectivity index (χ4n) is 0.747. The van der Waals surface area contributed by atoms with E-state index in [0.717, 1.165) is 10.9 Å². The van der Waals surface area contributed by atoms with Crippen LogP contribution in [0.4, 0.5) is 0 Å². The van der Waals surface area contributed by atoms with Gasteiger partial charge in [0.05, 0.1) is 0 Å². The molecule has 0 saturated heterocycles. The van der Waals surface area contributed by atoms with Crippen LogP contribution in [0.1, 0.15) is 25.3 Å². The Bertz CT molecular complexity index is 246. The molecule has 0 radical (unpaired) electrons. The lowest BCUT2D eigenvalue weighted by atomic mass is 10.2. The summed E-state index contributed by atoms with van der Waals surface area (Å²) in [6.07, 6.45) is 1.02. The molecule has 2 nitrogen and oxygen atoms in total. The standard InChI is InChI=1S/C7H7Br.C4H8O2/c1-6-2-4-7(8)5-3-6;1-2-3-4(5)6/h2-5H,1H3;2-3H2,1H3,(H,5,6). The first-order valence-corrected chi connectivity index (χ1v) is 5.29. The molecule has 0 atom stereocenters. The molecule has 3 heteroatoms.